The molecule has 0 unspecified atom stereocenters. The fourth-order valence-electron chi connectivity index (χ4n) is 0.570. The number of nitrogens with zero attached hydrogens (tertiary/aromatic N) is 2. The van der Waals surface area contributed by atoms with E-state index in [0.717, 1.165) is 0 Å². The van der Waals surface area contributed by atoms with E-state index in [2.05, 4.69) is 15.0 Å². The summed E-state index contributed by atoms with van der Waals surface area (Å²) >= 11 is 6.76. The first-order chi connectivity index (χ1) is 5.77. The predicted octanol–water partition coefficient (Wildman–Crippen LogP) is 1.26. The standard InChI is InChI=1S/C6H4ClN2O2S/c1-11-9-4(2-10)5-3-12-6(7)8-5/h3H,1H3/b9-4+. The molecule has 63 valence electrons. The van der Waals surface area contributed by atoms with Crippen LogP contribution < -0.4 is 0 Å². The lowest BCUT2D eigenvalue weighted by molar-refractivity contribution is 0.214. The van der Waals surface area contributed by atoms with Crippen molar-refractivity contribution in [3.8, 4) is 0 Å². The third kappa shape index (κ3) is 2.02. The molecule has 0 saturated heterocycles. The highest BCUT2D eigenvalue weighted by atomic mass is 35.5. The summed E-state index contributed by atoms with van der Waals surface area (Å²) in [6.45, 7) is 0. The Kier molecular flexibility index (Phi) is 3.19. The van der Waals surface area contributed by atoms with E-state index in [0.29, 0.717) is 10.2 Å². The molecule has 1 radical (unpaired) electrons. The SMILES string of the molecule is CO/N=C(\[C]=O)c1csc(Cl)n1. The van der Waals surface area contributed by atoms with Crippen LogP contribution in [0.25, 0.3) is 0 Å². The van der Waals surface area contributed by atoms with Crippen LogP contribution in [0.1, 0.15) is 5.69 Å². The third-order valence-electron chi connectivity index (χ3n) is 0.998. The van der Waals surface area contributed by atoms with Gasteiger partial charge in [0.1, 0.15) is 12.8 Å². The maximum absolute atomic E-state index is 10.3. The Hall–Kier alpha value is -0.940. The van der Waals surface area contributed by atoms with Crippen LogP contribution in [0.3, 0.4) is 0 Å². The van der Waals surface area contributed by atoms with Gasteiger partial charge in [0, 0.05) is 5.38 Å². The van der Waals surface area contributed by atoms with Crippen molar-refractivity contribution in [2.75, 3.05) is 7.11 Å². The normalized spacial score (nSPS) is 11.3. The Morgan fingerprint density at radius 2 is 2.67 bits per heavy atom. The van der Waals surface area contributed by atoms with Crippen molar-refractivity contribution in [2.24, 2.45) is 5.16 Å². The van der Waals surface area contributed by atoms with Gasteiger partial charge in [-0.3, -0.25) is 4.79 Å². The first-order valence-corrected chi connectivity index (χ1v) is 4.14. The Balaban J connectivity index is 2.94. The molecule has 4 nitrogen and oxygen atoms in total. The average molecular weight is 204 g/mol. The minimum atomic E-state index is 0.0145. The molecule has 0 aliphatic carbocycles. The van der Waals surface area contributed by atoms with Gasteiger partial charge in [-0.25, -0.2) is 4.98 Å². The molecule has 0 aliphatic rings. The monoisotopic (exact) mass is 203 g/mol. The molecule has 0 bridgehead atoms. The molecular formula is C6H4ClN2O2S. The van der Waals surface area contributed by atoms with E-state index in [4.69, 9.17) is 11.6 Å². The van der Waals surface area contributed by atoms with Crippen LogP contribution in [0, 0.1) is 0 Å². The topological polar surface area (TPSA) is 51.5 Å². The van der Waals surface area contributed by atoms with E-state index in [9.17, 15) is 4.79 Å². The summed E-state index contributed by atoms with van der Waals surface area (Å²) in [5.41, 5.74) is 0.391. The van der Waals surface area contributed by atoms with Gasteiger partial charge in [0.15, 0.2) is 10.2 Å². The zero-order valence-corrected chi connectivity index (χ0v) is 7.65. The summed E-state index contributed by atoms with van der Waals surface area (Å²) in [4.78, 5) is 18.5. The molecule has 1 heterocycles. The molecule has 0 amide bonds. The smallest absolute Gasteiger partial charge is 0.259 e. The number of hydrogen-bond acceptors (Lipinski definition) is 5. The van der Waals surface area contributed by atoms with Crippen molar-refractivity contribution in [2.45, 2.75) is 0 Å². The van der Waals surface area contributed by atoms with Gasteiger partial charge in [-0.2, -0.15) is 0 Å². The van der Waals surface area contributed by atoms with Crippen LogP contribution in [-0.4, -0.2) is 24.1 Å². The lowest BCUT2D eigenvalue weighted by Gasteiger charge is -1.89. The minimum Gasteiger partial charge on any atom is -0.398 e. The lowest BCUT2D eigenvalue weighted by Crippen LogP contribution is -2.02. The van der Waals surface area contributed by atoms with Gasteiger partial charge < -0.3 is 4.84 Å². The first kappa shape index (κ1) is 9.15. The van der Waals surface area contributed by atoms with Crippen LogP contribution in [0.5, 0.6) is 0 Å². The first-order valence-electron chi connectivity index (χ1n) is 2.88. The molecule has 1 aromatic rings. The Morgan fingerprint density at radius 1 is 1.92 bits per heavy atom. The van der Waals surface area contributed by atoms with Crippen molar-refractivity contribution >= 4 is 34.9 Å². The van der Waals surface area contributed by atoms with Crippen molar-refractivity contribution in [1.29, 1.82) is 0 Å². The van der Waals surface area contributed by atoms with Crippen LogP contribution in [-0.2, 0) is 9.63 Å². The molecule has 0 spiro atoms. The number of carbonyl (C=O) groups excluding carboxylic acids is 1. The number of rotatable bonds is 3. The molecule has 0 aliphatic heterocycles. The molecular weight excluding hydrogens is 200 g/mol. The van der Waals surface area contributed by atoms with Crippen LogP contribution in [0.4, 0.5) is 0 Å². The Bertz CT molecular complexity index is 310. The van der Waals surface area contributed by atoms with Crippen molar-refractivity contribution in [1.82, 2.24) is 4.98 Å². The fraction of sp³-hybridized carbons (Fsp3) is 0.167. The van der Waals surface area contributed by atoms with Gasteiger partial charge in [-0.1, -0.05) is 16.8 Å². The molecule has 0 N–H and O–H groups in total. The zero-order valence-electron chi connectivity index (χ0n) is 6.07. The number of oxime groups is 1. The second-order valence-electron chi connectivity index (χ2n) is 1.71. The van der Waals surface area contributed by atoms with Crippen LogP contribution in [0.2, 0.25) is 4.47 Å². The molecule has 0 fully saturated rings. The predicted molar refractivity (Wildman–Crippen MR) is 46.4 cm³/mol. The van der Waals surface area contributed by atoms with Crippen LogP contribution >= 0.6 is 22.9 Å². The Labute approximate surface area is 77.8 Å². The number of hydrogen-bond donors (Lipinski definition) is 0. The zero-order chi connectivity index (χ0) is 8.97. The number of halogens is 1. The number of aromatic nitrogens is 1. The minimum absolute atomic E-state index is 0.0145. The van der Waals surface area contributed by atoms with Crippen molar-refractivity contribution < 1.29 is 9.63 Å². The molecule has 0 atom stereocenters. The van der Waals surface area contributed by atoms with E-state index in [-0.39, 0.29) is 5.71 Å². The van der Waals surface area contributed by atoms with Gasteiger partial charge in [0.2, 0.25) is 0 Å². The maximum atomic E-state index is 10.3. The summed E-state index contributed by atoms with van der Waals surface area (Å²) < 4.78 is 0.351. The largest absolute Gasteiger partial charge is 0.398 e. The fourth-order valence-corrected chi connectivity index (χ4v) is 1.32. The van der Waals surface area contributed by atoms with E-state index in [1.165, 1.54) is 18.4 Å². The van der Waals surface area contributed by atoms with Gasteiger partial charge >= 0.3 is 0 Å². The summed E-state index contributed by atoms with van der Waals surface area (Å²) in [7, 11) is 1.34. The van der Waals surface area contributed by atoms with Gasteiger partial charge in [-0.05, 0) is 0 Å². The molecule has 6 heteroatoms. The van der Waals surface area contributed by atoms with Crippen molar-refractivity contribution in [3.63, 3.8) is 0 Å². The van der Waals surface area contributed by atoms with Gasteiger partial charge in [0.25, 0.3) is 6.29 Å². The molecule has 1 rings (SSSR count). The maximum Gasteiger partial charge on any atom is 0.259 e. The van der Waals surface area contributed by atoms with Crippen LogP contribution in [0.15, 0.2) is 10.5 Å². The van der Waals surface area contributed by atoms with E-state index < -0.39 is 0 Å². The van der Waals surface area contributed by atoms with E-state index in [1.54, 1.807) is 11.7 Å². The van der Waals surface area contributed by atoms with E-state index >= 15 is 0 Å². The second-order valence-corrected chi connectivity index (χ2v) is 3.15. The Morgan fingerprint density at radius 3 is 3.08 bits per heavy atom. The molecule has 0 saturated carbocycles. The molecule has 12 heavy (non-hydrogen) atoms. The quantitative estimate of drug-likeness (QED) is 0.549. The summed E-state index contributed by atoms with van der Waals surface area (Å²) in [6.07, 6.45) is 1.59. The number of thiazole rings is 1. The highest BCUT2D eigenvalue weighted by Crippen LogP contribution is 2.15. The molecule has 0 aromatic carbocycles. The summed E-state index contributed by atoms with van der Waals surface area (Å²) in [5.74, 6) is 0. The summed E-state index contributed by atoms with van der Waals surface area (Å²) in [6, 6.07) is 0. The van der Waals surface area contributed by atoms with Gasteiger partial charge in [-0.15, -0.1) is 11.3 Å². The molecule has 1 aromatic heterocycles. The van der Waals surface area contributed by atoms with Crippen molar-refractivity contribution in [3.05, 3.63) is 15.5 Å². The average Bonchev–Trinajstić information content (AvgIpc) is 2.47. The summed E-state index contributed by atoms with van der Waals surface area (Å²) in [5, 5.41) is 5.01. The lowest BCUT2D eigenvalue weighted by atomic mass is 10.3. The van der Waals surface area contributed by atoms with E-state index in [1.807, 2.05) is 0 Å². The van der Waals surface area contributed by atoms with Gasteiger partial charge in [0.05, 0.1) is 0 Å². The highest BCUT2D eigenvalue weighted by Gasteiger charge is 2.08. The third-order valence-corrected chi connectivity index (χ3v) is 1.98. The second kappa shape index (κ2) is 4.18. The highest BCUT2D eigenvalue weighted by molar-refractivity contribution is 7.14.